The molecule has 0 aliphatic heterocycles. The number of aryl methyl sites for hydroxylation is 1. The van der Waals surface area contributed by atoms with E-state index in [1.807, 2.05) is 31.2 Å². The molecule has 0 bridgehead atoms. The quantitative estimate of drug-likeness (QED) is 0.903. The number of hydrogen-bond acceptors (Lipinski definition) is 2. The molecule has 1 N–H and O–H groups in total. The summed E-state index contributed by atoms with van der Waals surface area (Å²) in [5.41, 5.74) is 2.13. The molecule has 1 fully saturated rings. The van der Waals surface area contributed by atoms with E-state index in [9.17, 15) is 9.59 Å². The average Bonchev–Trinajstić information content (AvgIpc) is 2.38. The van der Waals surface area contributed by atoms with Crippen molar-refractivity contribution < 1.29 is 14.7 Å². The molecule has 0 spiro atoms. The van der Waals surface area contributed by atoms with E-state index in [0.717, 1.165) is 30.4 Å². The lowest BCUT2D eigenvalue weighted by molar-refractivity contribution is -0.138. The van der Waals surface area contributed by atoms with Gasteiger partial charge in [-0.05, 0) is 25.3 Å². The predicted octanol–water partition coefficient (Wildman–Crippen LogP) is 3.31. The number of carboxylic acid groups (broad SMARTS) is 1. The second-order valence-corrected chi connectivity index (χ2v) is 5.43. The number of carboxylic acids is 1. The number of benzene rings is 1. The summed E-state index contributed by atoms with van der Waals surface area (Å²) >= 11 is 0. The normalized spacial score (nSPS) is 21.1. The summed E-state index contributed by atoms with van der Waals surface area (Å²) in [5, 5.41) is 9.11. The number of carbonyl (C=O) groups is 2. The van der Waals surface area contributed by atoms with Gasteiger partial charge in [-0.2, -0.15) is 0 Å². The zero-order valence-electron chi connectivity index (χ0n) is 11.3. The van der Waals surface area contributed by atoms with Gasteiger partial charge in [0.25, 0.3) is 0 Å². The van der Waals surface area contributed by atoms with Crippen LogP contribution >= 0.6 is 0 Å². The lowest BCUT2D eigenvalue weighted by Gasteiger charge is -2.28. The van der Waals surface area contributed by atoms with Gasteiger partial charge in [0.2, 0.25) is 0 Å². The molecule has 1 saturated carbocycles. The minimum atomic E-state index is -0.830. The van der Waals surface area contributed by atoms with Crippen molar-refractivity contribution in [1.29, 1.82) is 0 Å². The molecular formula is C16H20O3. The minimum absolute atomic E-state index is 0.0411. The lowest BCUT2D eigenvalue weighted by Crippen LogP contribution is -2.27. The highest BCUT2D eigenvalue weighted by Gasteiger charge is 2.32. The van der Waals surface area contributed by atoms with E-state index in [4.69, 9.17) is 5.11 Å². The van der Waals surface area contributed by atoms with Gasteiger partial charge in [-0.25, -0.2) is 0 Å². The maximum Gasteiger partial charge on any atom is 0.303 e. The number of hydrogen-bond donors (Lipinski definition) is 1. The highest BCUT2D eigenvalue weighted by molar-refractivity contribution is 5.83. The van der Waals surface area contributed by atoms with Crippen LogP contribution in [0.4, 0.5) is 0 Å². The van der Waals surface area contributed by atoms with E-state index in [1.54, 1.807) is 0 Å². The third-order valence-corrected chi connectivity index (χ3v) is 3.99. The van der Waals surface area contributed by atoms with Crippen molar-refractivity contribution in [3.63, 3.8) is 0 Å². The molecule has 0 heterocycles. The Balaban J connectivity index is 2.26. The molecule has 19 heavy (non-hydrogen) atoms. The van der Waals surface area contributed by atoms with Crippen LogP contribution in [0.25, 0.3) is 0 Å². The van der Waals surface area contributed by atoms with Crippen LogP contribution in [0, 0.1) is 12.8 Å². The van der Waals surface area contributed by atoms with Crippen molar-refractivity contribution in [2.24, 2.45) is 5.92 Å². The fourth-order valence-corrected chi connectivity index (χ4v) is 2.93. The van der Waals surface area contributed by atoms with Crippen molar-refractivity contribution in [1.82, 2.24) is 0 Å². The zero-order chi connectivity index (χ0) is 13.8. The first-order valence-electron chi connectivity index (χ1n) is 6.89. The first-order valence-corrected chi connectivity index (χ1v) is 6.89. The second-order valence-electron chi connectivity index (χ2n) is 5.43. The SMILES string of the molecule is Cc1ccc(C(CC(=O)O)C2CCCCC2=O)cc1. The number of aliphatic carboxylic acids is 1. The number of rotatable bonds is 4. The van der Waals surface area contributed by atoms with E-state index >= 15 is 0 Å². The molecule has 3 heteroatoms. The summed E-state index contributed by atoms with van der Waals surface area (Å²) in [4.78, 5) is 23.2. The highest BCUT2D eigenvalue weighted by Crippen LogP contribution is 2.36. The van der Waals surface area contributed by atoms with Crippen molar-refractivity contribution >= 4 is 11.8 Å². The standard InChI is InChI=1S/C16H20O3/c1-11-6-8-12(9-7-11)14(10-16(18)19)13-4-2-3-5-15(13)17/h6-9,13-14H,2-5,10H2,1H3,(H,18,19). The molecule has 2 atom stereocenters. The van der Waals surface area contributed by atoms with Crippen molar-refractivity contribution in [2.75, 3.05) is 0 Å². The largest absolute Gasteiger partial charge is 0.481 e. The molecular weight excluding hydrogens is 240 g/mol. The number of ketones is 1. The van der Waals surface area contributed by atoms with Crippen LogP contribution in [0.1, 0.15) is 49.1 Å². The molecule has 3 nitrogen and oxygen atoms in total. The third-order valence-electron chi connectivity index (χ3n) is 3.99. The smallest absolute Gasteiger partial charge is 0.303 e. The highest BCUT2D eigenvalue weighted by atomic mass is 16.4. The van der Waals surface area contributed by atoms with Crippen LogP contribution in [0.15, 0.2) is 24.3 Å². The zero-order valence-corrected chi connectivity index (χ0v) is 11.3. The number of Topliss-reactive ketones (excluding diaryl/α,β-unsaturated/α-hetero) is 1. The lowest BCUT2D eigenvalue weighted by atomic mass is 9.74. The fraction of sp³-hybridized carbons (Fsp3) is 0.500. The molecule has 1 aromatic carbocycles. The van der Waals surface area contributed by atoms with Gasteiger partial charge in [-0.3, -0.25) is 9.59 Å². The van der Waals surface area contributed by atoms with Gasteiger partial charge in [0.1, 0.15) is 5.78 Å². The van der Waals surface area contributed by atoms with Gasteiger partial charge in [-0.15, -0.1) is 0 Å². The van der Waals surface area contributed by atoms with Crippen molar-refractivity contribution in [3.05, 3.63) is 35.4 Å². The molecule has 0 aromatic heterocycles. The fourth-order valence-electron chi connectivity index (χ4n) is 2.93. The van der Waals surface area contributed by atoms with Crippen LogP contribution in [-0.2, 0) is 9.59 Å². The van der Waals surface area contributed by atoms with Crippen LogP contribution in [-0.4, -0.2) is 16.9 Å². The van der Waals surface area contributed by atoms with Crippen LogP contribution in [0.2, 0.25) is 0 Å². The Morgan fingerprint density at radius 1 is 1.32 bits per heavy atom. The Hall–Kier alpha value is -1.64. The van der Waals surface area contributed by atoms with Crippen molar-refractivity contribution in [2.45, 2.75) is 44.9 Å². The molecule has 2 unspecified atom stereocenters. The first kappa shape index (κ1) is 13.8. The maximum absolute atomic E-state index is 12.1. The van der Waals surface area contributed by atoms with Crippen LogP contribution < -0.4 is 0 Å². The summed E-state index contributed by atoms with van der Waals surface area (Å²) in [6, 6.07) is 7.89. The Morgan fingerprint density at radius 2 is 2.00 bits per heavy atom. The molecule has 1 aliphatic rings. The predicted molar refractivity (Wildman–Crippen MR) is 73.1 cm³/mol. The van der Waals surface area contributed by atoms with E-state index in [1.165, 1.54) is 0 Å². The van der Waals surface area contributed by atoms with Crippen LogP contribution in [0.5, 0.6) is 0 Å². The van der Waals surface area contributed by atoms with Gasteiger partial charge < -0.3 is 5.11 Å². The maximum atomic E-state index is 12.1. The van der Waals surface area contributed by atoms with E-state index < -0.39 is 5.97 Å². The first-order chi connectivity index (χ1) is 9.08. The second kappa shape index (κ2) is 6.00. The molecule has 0 amide bonds. The Morgan fingerprint density at radius 3 is 2.58 bits per heavy atom. The minimum Gasteiger partial charge on any atom is -0.481 e. The summed E-state index contributed by atoms with van der Waals surface area (Å²) < 4.78 is 0. The number of carbonyl (C=O) groups excluding carboxylic acids is 1. The monoisotopic (exact) mass is 260 g/mol. The Bertz CT molecular complexity index is 461. The molecule has 1 aliphatic carbocycles. The molecule has 0 saturated heterocycles. The summed E-state index contributed by atoms with van der Waals surface area (Å²) in [6.45, 7) is 2.00. The molecule has 102 valence electrons. The van der Waals surface area contributed by atoms with E-state index in [-0.39, 0.29) is 24.0 Å². The Kier molecular flexibility index (Phi) is 4.35. The summed E-state index contributed by atoms with van der Waals surface area (Å²) in [7, 11) is 0. The third kappa shape index (κ3) is 3.43. The topological polar surface area (TPSA) is 54.4 Å². The van der Waals surface area contributed by atoms with Gasteiger partial charge >= 0.3 is 5.97 Å². The van der Waals surface area contributed by atoms with Gasteiger partial charge in [0.15, 0.2) is 0 Å². The summed E-state index contributed by atoms with van der Waals surface area (Å²) in [6.07, 6.45) is 3.44. The van der Waals surface area contributed by atoms with Crippen molar-refractivity contribution in [3.8, 4) is 0 Å². The van der Waals surface area contributed by atoms with E-state index in [2.05, 4.69) is 0 Å². The molecule has 0 radical (unpaired) electrons. The van der Waals surface area contributed by atoms with Gasteiger partial charge in [0.05, 0.1) is 6.42 Å². The summed E-state index contributed by atoms with van der Waals surface area (Å²) in [5.74, 6) is -0.888. The Labute approximate surface area is 113 Å². The van der Waals surface area contributed by atoms with Gasteiger partial charge in [-0.1, -0.05) is 36.2 Å². The van der Waals surface area contributed by atoms with Crippen LogP contribution in [0.3, 0.4) is 0 Å². The molecule has 1 aromatic rings. The average molecular weight is 260 g/mol. The molecule has 2 rings (SSSR count). The van der Waals surface area contributed by atoms with E-state index in [0.29, 0.717) is 6.42 Å². The van der Waals surface area contributed by atoms with Gasteiger partial charge in [0, 0.05) is 18.3 Å².